The Hall–Kier alpha value is -1.67. The summed E-state index contributed by atoms with van der Waals surface area (Å²) in [7, 11) is -1.88. The summed E-state index contributed by atoms with van der Waals surface area (Å²) in [4.78, 5) is 0. The summed E-state index contributed by atoms with van der Waals surface area (Å²) in [6.45, 7) is 0. The minimum atomic E-state index is -1.88. The molecule has 0 aliphatic carbocycles. The lowest BCUT2D eigenvalue weighted by Crippen LogP contribution is -3.00. The maximum absolute atomic E-state index is 2.68. The van der Waals surface area contributed by atoms with Gasteiger partial charge in [0.1, 0.15) is 23.2 Å². The number of hydrogen-bond donors (Lipinski definition) is 0. The second kappa shape index (κ2) is 9.69. The fourth-order valence-electron chi connectivity index (χ4n) is 3.66. The van der Waals surface area contributed by atoms with Gasteiger partial charge in [0.25, 0.3) is 0 Å². The first-order valence-electron chi connectivity index (χ1n) is 9.08. The lowest BCUT2D eigenvalue weighted by atomic mass is 10.2. The molecule has 0 aliphatic heterocycles. The first kappa shape index (κ1) is 21.0. The lowest BCUT2D eigenvalue weighted by molar-refractivity contribution is -0.00000505. The van der Waals surface area contributed by atoms with Crippen LogP contribution in [0.3, 0.4) is 0 Å². The molecule has 0 amide bonds. The molecule has 4 aromatic carbocycles. The molecule has 140 valence electrons. The van der Waals surface area contributed by atoms with Crippen molar-refractivity contribution in [1.82, 2.24) is 0 Å². The maximum Gasteiger partial charge on any atom is 0.158 e. The summed E-state index contributed by atoms with van der Waals surface area (Å²) in [5.74, 6) is 0. The third-order valence-electron chi connectivity index (χ3n) is 4.91. The minimum absolute atomic E-state index is 0. The van der Waals surface area contributed by atoms with Crippen LogP contribution in [0.25, 0.3) is 0 Å². The zero-order valence-electron chi connectivity index (χ0n) is 15.3. The molecule has 0 saturated heterocycles. The normalized spacial score (nSPS) is 12.0. The first-order chi connectivity index (χ1) is 13.3. The zero-order valence-corrected chi connectivity index (χ0v) is 19.1. The highest BCUT2D eigenvalue weighted by molar-refractivity contribution is 14.1. The Bertz CT molecular complexity index is 879. The highest BCUT2D eigenvalue weighted by atomic mass is 127. The second-order valence-electron chi connectivity index (χ2n) is 6.48. The van der Waals surface area contributed by atoms with E-state index in [4.69, 9.17) is 0 Å². The third-order valence-corrected chi connectivity index (χ3v) is 12.4. The number of hydrogen-bond acceptors (Lipinski definition) is 0. The smallest absolute Gasteiger partial charge is 0.158 e. The van der Waals surface area contributed by atoms with E-state index in [1.165, 1.54) is 21.5 Å². The summed E-state index contributed by atoms with van der Waals surface area (Å²) in [6.07, 6.45) is 0. The van der Waals surface area contributed by atoms with Gasteiger partial charge in [0.2, 0.25) is 0 Å². The molecule has 0 aromatic heterocycles. The molecule has 0 aliphatic rings. The Morgan fingerprint density at radius 2 is 0.750 bits per heavy atom. The molecular weight excluding hydrogens is 494 g/mol. The van der Waals surface area contributed by atoms with E-state index in [1.54, 1.807) is 0 Å². The van der Waals surface area contributed by atoms with Crippen LogP contribution in [-0.4, -0.2) is 0 Å². The average molecular weight is 515 g/mol. The fraction of sp³-hybridized carbons (Fsp3) is 0.0400. The molecule has 0 fully saturated rings. The Morgan fingerprint density at radius 1 is 0.464 bits per heavy atom. The summed E-state index contributed by atoms with van der Waals surface area (Å²) < 4.78 is 0.350. The molecule has 0 nitrogen and oxygen atoms in total. The van der Waals surface area contributed by atoms with Gasteiger partial charge in [-0.25, -0.2) is 0 Å². The van der Waals surface area contributed by atoms with Gasteiger partial charge in [-0.1, -0.05) is 84.9 Å². The van der Waals surface area contributed by atoms with Gasteiger partial charge in [-0.15, -0.1) is 0 Å². The summed E-state index contributed by atoms with van der Waals surface area (Å²) >= 11 is 2.68. The van der Waals surface area contributed by atoms with Gasteiger partial charge in [0, 0.05) is 5.56 Å². The number of benzene rings is 4. The predicted molar refractivity (Wildman–Crippen MR) is 128 cm³/mol. The van der Waals surface area contributed by atoms with E-state index >= 15 is 0 Å². The van der Waals surface area contributed by atoms with E-state index in [9.17, 15) is 0 Å². The highest BCUT2D eigenvalue weighted by Crippen LogP contribution is 2.69. The minimum Gasteiger partial charge on any atom is -1.00 e. The van der Waals surface area contributed by atoms with Gasteiger partial charge in [-0.2, -0.15) is 0 Å². The zero-order chi connectivity index (χ0) is 18.5. The van der Waals surface area contributed by atoms with Gasteiger partial charge in [0.15, 0.2) is 3.67 Å². The number of rotatable bonds is 5. The largest absolute Gasteiger partial charge is 1.00 e. The number of halogens is 2. The Kier molecular flexibility index (Phi) is 7.29. The molecule has 0 radical (unpaired) electrons. The summed E-state index contributed by atoms with van der Waals surface area (Å²) in [5, 5.41) is 4.27. The van der Waals surface area contributed by atoms with Crippen LogP contribution in [0.15, 0.2) is 121 Å². The standard InChI is InChI=1S/C25H21IP.ClH/c26-25(21-13-5-1-6-14-21)27(22-15-7-2-8-16-22,23-17-9-3-10-18-23)24-19-11-4-12-20-24;/h1-20,25H;1H/q+1;/p-1. The summed E-state index contributed by atoms with van der Waals surface area (Å²) in [6, 6.07) is 44.1. The van der Waals surface area contributed by atoms with Gasteiger partial charge in [0.05, 0.1) is 0 Å². The van der Waals surface area contributed by atoms with Crippen LogP contribution < -0.4 is 28.3 Å². The van der Waals surface area contributed by atoms with Gasteiger partial charge in [-0.05, 0) is 59.0 Å². The van der Waals surface area contributed by atoms with E-state index in [-0.39, 0.29) is 12.4 Å². The fourth-order valence-corrected chi connectivity index (χ4v) is 11.2. The van der Waals surface area contributed by atoms with Crippen molar-refractivity contribution in [3.8, 4) is 0 Å². The van der Waals surface area contributed by atoms with Crippen LogP contribution in [0.2, 0.25) is 0 Å². The SMILES string of the molecule is IC(c1ccccc1)[P+](c1ccccc1)(c1ccccc1)c1ccccc1.[Cl-]. The van der Waals surface area contributed by atoms with Crippen molar-refractivity contribution < 1.29 is 12.4 Å². The van der Waals surface area contributed by atoms with Gasteiger partial charge in [-0.3, -0.25) is 0 Å². The van der Waals surface area contributed by atoms with Crippen molar-refractivity contribution in [1.29, 1.82) is 0 Å². The summed E-state index contributed by atoms with van der Waals surface area (Å²) in [5.41, 5.74) is 1.38. The Labute approximate surface area is 187 Å². The van der Waals surface area contributed by atoms with Crippen molar-refractivity contribution in [2.24, 2.45) is 0 Å². The van der Waals surface area contributed by atoms with Crippen molar-refractivity contribution in [2.45, 2.75) is 3.67 Å². The van der Waals surface area contributed by atoms with E-state index in [1.807, 2.05) is 0 Å². The molecular formula is C25H21ClIP. The monoisotopic (exact) mass is 514 g/mol. The van der Waals surface area contributed by atoms with Crippen LogP contribution in [0.1, 0.15) is 9.23 Å². The van der Waals surface area contributed by atoms with E-state index in [0.717, 1.165) is 0 Å². The Balaban J connectivity index is 0.00000225. The van der Waals surface area contributed by atoms with Crippen LogP contribution in [0.5, 0.6) is 0 Å². The van der Waals surface area contributed by atoms with Gasteiger partial charge >= 0.3 is 0 Å². The molecule has 0 heterocycles. The predicted octanol–water partition coefficient (Wildman–Crippen LogP) is 3.12. The molecule has 28 heavy (non-hydrogen) atoms. The van der Waals surface area contributed by atoms with Crippen LogP contribution >= 0.6 is 29.9 Å². The van der Waals surface area contributed by atoms with Gasteiger partial charge < -0.3 is 12.4 Å². The van der Waals surface area contributed by atoms with E-state index in [0.29, 0.717) is 3.67 Å². The van der Waals surface area contributed by atoms with Crippen molar-refractivity contribution in [2.75, 3.05) is 0 Å². The molecule has 4 aromatic rings. The molecule has 1 atom stereocenters. The van der Waals surface area contributed by atoms with Crippen molar-refractivity contribution >= 4 is 45.8 Å². The lowest BCUT2D eigenvalue weighted by Gasteiger charge is -2.32. The molecule has 4 rings (SSSR count). The Morgan fingerprint density at radius 3 is 1.07 bits per heavy atom. The third kappa shape index (κ3) is 3.89. The molecule has 0 bridgehead atoms. The van der Waals surface area contributed by atoms with Crippen molar-refractivity contribution in [3.63, 3.8) is 0 Å². The van der Waals surface area contributed by atoms with E-state index < -0.39 is 7.26 Å². The van der Waals surface area contributed by atoms with Crippen LogP contribution in [0, 0.1) is 0 Å². The van der Waals surface area contributed by atoms with Crippen LogP contribution in [0.4, 0.5) is 0 Å². The first-order valence-corrected chi connectivity index (χ1v) is 12.2. The highest BCUT2D eigenvalue weighted by Gasteiger charge is 2.51. The molecule has 0 saturated carbocycles. The second-order valence-corrected chi connectivity index (χ2v) is 12.2. The molecule has 1 unspecified atom stereocenters. The van der Waals surface area contributed by atoms with E-state index in [2.05, 4.69) is 144 Å². The number of alkyl halides is 1. The van der Waals surface area contributed by atoms with Crippen molar-refractivity contribution in [3.05, 3.63) is 127 Å². The van der Waals surface area contributed by atoms with Crippen LogP contribution in [-0.2, 0) is 0 Å². The molecule has 3 heteroatoms. The molecule has 0 spiro atoms. The quantitative estimate of drug-likeness (QED) is 0.218. The average Bonchev–Trinajstić information content (AvgIpc) is 2.77. The molecule has 0 N–H and O–H groups in total. The topological polar surface area (TPSA) is 0 Å². The maximum atomic E-state index is 2.68.